The van der Waals surface area contributed by atoms with Gasteiger partial charge < -0.3 is 15.1 Å². The first-order valence-corrected chi connectivity index (χ1v) is 8.91. The van der Waals surface area contributed by atoms with E-state index in [2.05, 4.69) is 46.4 Å². The van der Waals surface area contributed by atoms with Gasteiger partial charge in [-0.25, -0.2) is 0 Å². The molecule has 0 atom stereocenters. The number of pyridine rings is 1. The molecule has 0 saturated carbocycles. The molecule has 2 heterocycles. The average Bonchev–Trinajstić information content (AvgIpc) is 2.66. The normalized spacial score (nSPS) is 14.6. The van der Waals surface area contributed by atoms with Gasteiger partial charge in [0.05, 0.1) is 0 Å². The van der Waals surface area contributed by atoms with E-state index in [4.69, 9.17) is 0 Å². The molecule has 132 valence electrons. The van der Waals surface area contributed by atoms with Gasteiger partial charge in [0.15, 0.2) is 0 Å². The minimum Gasteiger partial charge on any atom is -0.368 e. The van der Waals surface area contributed by atoms with Gasteiger partial charge in [0.1, 0.15) is 0 Å². The first kappa shape index (κ1) is 17.4. The van der Waals surface area contributed by atoms with Gasteiger partial charge in [0.2, 0.25) is 5.91 Å². The lowest BCUT2D eigenvalue weighted by atomic mass is 10.2. The van der Waals surface area contributed by atoms with Gasteiger partial charge in [-0.05, 0) is 36.2 Å². The van der Waals surface area contributed by atoms with Crippen molar-refractivity contribution in [1.82, 2.24) is 15.2 Å². The summed E-state index contributed by atoms with van der Waals surface area (Å²) in [4.78, 5) is 20.8. The van der Waals surface area contributed by atoms with Crippen LogP contribution in [0.4, 0.5) is 5.69 Å². The number of carbonyl (C=O) groups is 1. The van der Waals surface area contributed by atoms with Crippen LogP contribution in [0.25, 0.3) is 0 Å². The van der Waals surface area contributed by atoms with Crippen molar-refractivity contribution in [2.45, 2.75) is 19.9 Å². The summed E-state index contributed by atoms with van der Waals surface area (Å²) in [7, 11) is 0. The molecule has 5 nitrogen and oxygen atoms in total. The van der Waals surface area contributed by atoms with Crippen LogP contribution in [-0.4, -0.2) is 48.5 Å². The Kier molecular flexibility index (Phi) is 6.01. The van der Waals surface area contributed by atoms with Gasteiger partial charge in [-0.15, -0.1) is 0 Å². The first-order valence-electron chi connectivity index (χ1n) is 8.91. The number of hydrogen-bond acceptors (Lipinski definition) is 4. The summed E-state index contributed by atoms with van der Waals surface area (Å²) >= 11 is 0. The van der Waals surface area contributed by atoms with E-state index in [0.29, 0.717) is 13.0 Å². The highest BCUT2D eigenvalue weighted by molar-refractivity contribution is 5.76. The van der Waals surface area contributed by atoms with Gasteiger partial charge in [0.25, 0.3) is 0 Å². The molecule has 0 aliphatic carbocycles. The Bertz CT molecular complexity index is 681. The minimum atomic E-state index is 0.238. The zero-order valence-electron chi connectivity index (χ0n) is 14.8. The number of aryl methyl sites for hydroxylation is 1. The van der Waals surface area contributed by atoms with Crippen LogP contribution in [0.3, 0.4) is 0 Å². The molecule has 1 aliphatic heterocycles. The van der Waals surface area contributed by atoms with E-state index in [9.17, 15) is 4.79 Å². The van der Waals surface area contributed by atoms with Crippen LogP contribution in [0, 0.1) is 6.92 Å². The van der Waals surface area contributed by atoms with E-state index in [1.807, 2.05) is 23.2 Å². The lowest BCUT2D eigenvalue weighted by molar-refractivity contribution is -0.131. The van der Waals surface area contributed by atoms with Crippen molar-refractivity contribution in [3.63, 3.8) is 0 Å². The van der Waals surface area contributed by atoms with Crippen LogP contribution in [0.2, 0.25) is 0 Å². The Hall–Kier alpha value is -2.40. The van der Waals surface area contributed by atoms with E-state index in [-0.39, 0.29) is 5.91 Å². The number of rotatable bonds is 6. The molecule has 1 aliphatic rings. The maximum atomic E-state index is 12.4. The second-order valence-electron chi connectivity index (χ2n) is 6.49. The predicted molar refractivity (Wildman–Crippen MR) is 101 cm³/mol. The molecule has 1 saturated heterocycles. The van der Waals surface area contributed by atoms with Crippen LogP contribution < -0.4 is 10.2 Å². The van der Waals surface area contributed by atoms with E-state index in [1.165, 1.54) is 11.3 Å². The minimum absolute atomic E-state index is 0.238. The average molecular weight is 338 g/mol. The molecule has 1 amide bonds. The standard InChI is InChI=1S/C20H26N4O/c1-17-4-2-6-19(14-17)23-10-12-24(13-11-23)20(25)7-9-22-16-18-5-3-8-21-15-18/h2-6,8,14-15,22H,7,9-13,16H2,1H3. The van der Waals surface area contributed by atoms with Crippen LogP contribution >= 0.6 is 0 Å². The van der Waals surface area contributed by atoms with E-state index in [0.717, 1.165) is 38.3 Å². The fraction of sp³-hybridized carbons (Fsp3) is 0.400. The number of piperazine rings is 1. The smallest absolute Gasteiger partial charge is 0.223 e. The molecule has 25 heavy (non-hydrogen) atoms. The van der Waals surface area contributed by atoms with Crippen molar-refractivity contribution in [3.8, 4) is 0 Å². The lowest BCUT2D eigenvalue weighted by Gasteiger charge is -2.36. The molecule has 2 aromatic rings. The number of anilines is 1. The quantitative estimate of drug-likeness (QED) is 0.821. The molecular formula is C20H26N4O. The molecule has 5 heteroatoms. The molecule has 1 fully saturated rings. The highest BCUT2D eigenvalue weighted by atomic mass is 16.2. The van der Waals surface area contributed by atoms with Crippen LogP contribution in [0.5, 0.6) is 0 Å². The summed E-state index contributed by atoms with van der Waals surface area (Å²) in [5, 5.41) is 3.31. The second kappa shape index (κ2) is 8.62. The Labute approximate surface area is 149 Å². The van der Waals surface area contributed by atoms with E-state index >= 15 is 0 Å². The maximum Gasteiger partial charge on any atom is 0.223 e. The summed E-state index contributed by atoms with van der Waals surface area (Å²) in [5.74, 6) is 0.238. The number of carbonyl (C=O) groups excluding carboxylic acids is 1. The lowest BCUT2D eigenvalue weighted by Crippen LogP contribution is -2.49. The summed E-state index contributed by atoms with van der Waals surface area (Å²) in [6, 6.07) is 12.5. The molecular weight excluding hydrogens is 312 g/mol. The zero-order valence-corrected chi connectivity index (χ0v) is 14.8. The van der Waals surface area contributed by atoms with Gasteiger partial charge >= 0.3 is 0 Å². The number of hydrogen-bond donors (Lipinski definition) is 1. The summed E-state index contributed by atoms with van der Waals surface area (Å²) in [6.07, 6.45) is 4.16. The fourth-order valence-corrected chi connectivity index (χ4v) is 3.13. The van der Waals surface area contributed by atoms with Gasteiger partial charge in [-0.2, -0.15) is 0 Å². The van der Waals surface area contributed by atoms with Gasteiger partial charge in [0, 0.05) is 63.8 Å². The Morgan fingerprint density at radius 2 is 2.00 bits per heavy atom. The molecule has 1 aromatic carbocycles. The summed E-state index contributed by atoms with van der Waals surface area (Å²) < 4.78 is 0. The van der Waals surface area contributed by atoms with Crippen LogP contribution in [0.15, 0.2) is 48.8 Å². The van der Waals surface area contributed by atoms with Crippen molar-refractivity contribution >= 4 is 11.6 Å². The van der Waals surface area contributed by atoms with Crippen molar-refractivity contribution in [3.05, 3.63) is 59.9 Å². The largest absolute Gasteiger partial charge is 0.368 e. The Balaban J connectivity index is 1.38. The molecule has 1 aromatic heterocycles. The van der Waals surface area contributed by atoms with Crippen molar-refractivity contribution in [2.75, 3.05) is 37.6 Å². The third kappa shape index (κ3) is 5.03. The Morgan fingerprint density at radius 1 is 1.16 bits per heavy atom. The summed E-state index contributed by atoms with van der Waals surface area (Å²) in [6.45, 7) is 6.97. The highest BCUT2D eigenvalue weighted by Gasteiger charge is 2.20. The number of amides is 1. The number of nitrogens with one attached hydrogen (secondary N) is 1. The molecule has 3 rings (SSSR count). The highest BCUT2D eigenvalue weighted by Crippen LogP contribution is 2.18. The van der Waals surface area contributed by atoms with Crippen LogP contribution in [-0.2, 0) is 11.3 Å². The van der Waals surface area contributed by atoms with Gasteiger partial charge in [-0.3, -0.25) is 9.78 Å². The molecule has 0 bridgehead atoms. The van der Waals surface area contributed by atoms with Crippen molar-refractivity contribution < 1.29 is 4.79 Å². The molecule has 1 N–H and O–H groups in total. The predicted octanol–water partition coefficient (Wildman–Crippen LogP) is 2.22. The van der Waals surface area contributed by atoms with Crippen LogP contribution in [0.1, 0.15) is 17.5 Å². The van der Waals surface area contributed by atoms with E-state index < -0.39 is 0 Å². The topological polar surface area (TPSA) is 48.5 Å². The second-order valence-corrected chi connectivity index (χ2v) is 6.49. The molecule has 0 radical (unpaired) electrons. The Morgan fingerprint density at radius 3 is 2.72 bits per heavy atom. The number of aromatic nitrogens is 1. The van der Waals surface area contributed by atoms with E-state index in [1.54, 1.807) is 6.20 Å². The third-order valence-corrected chi connectivity index (χ3v) is 4.57. The third-order valence-electron chi connectivity index (χ3n) is 4.57. The number of benzene rings is 1. The molecule has 0 unspecified atom stereocenters. The van der Waals surface area contributed by atoms with Crippen molar-refractivity contribution in [1.29, 1.82) is 0 Å². The van der Waals surface area contributed by atoms with Gasteiger partial charge in [-0.1, -0.05) is 18.2 Å². The zero-order chi connectivity index (χ0) is 17.5. The summed E-state index contributed by atoms with van der Waals surface area (Å²) in [5.41, 5.74) is 3.67. The first-order chi connectivity index (χ1) is 12.2. The SMILES string of the molecule is Cc1cccc(N2CCN(C(=O)CCNCc3cccnc3)CC2)c1. The number of nitrogens with zero attached hydrogens (tertiary/aromatic N) is 3. The van der Waals surface area contributed by atoms with Crippen molar-refractivity contribution in [2.24, 2.45) is 0 Å². The molecule has 0 spiro atoms. The monoisotopic (exact) mass is 338 g/mol. The fourth-order valence-electron chi connectivity index (χ4n) is 3.13. The maximum absolute atomic E-state index is 12.4.